The van der Waals surface area contributed by atoms with E-state index in [-0.39, 0.29) is 11.3 Å². The number of amides is 1. The lowest BCUT2D eigenvalue weighted by Crippen LogP contribution is -2.21. The summed E-state index contributed by atoms with van der Waals surface area (Å²) in [6.07, 6.45) is 0.495. The number of benzene rings is 1. The van der Waals surface area contributed by atoms with Gasteiger partial charge in [0.25, 0.3) is 0 Å². The highest BCUT2D eigenvalue weighted by Gasteiger charge is 2.25. The summed E-state index contributed by atoms with van der Waals surface area (Å²) in [7, 11) is 0. The molecule has 0 unspecified atom stereocenters. The fraction of sp³-hybridized carbons (Fsp3) is 0.412. The summed E-state index contributed by atoms with van der Waals surface area (Å²) >= 11 is 1.84. The Bertz CT molecular complexity index is 686. The van der Waals surface area contributed by atoms with Crippen LogP contribution in [0.4, 0.5) is 5.82 Å². The maximum atomic E-state index is 12.4. The van der Waals surface area contributed by atoms with E-state index in [0.717, 1.165) is 34.3 Å². The number of hydrogen-bond acceptors (Lipinski definition) is 3. The van der Waals surface area contributed by atoms with E-state index in [0.29, 0.717) is 6.42 Å². The van der Waals surface area contributed by atoms with Gasteiger partial charge in [-0.05, 0) is 17.5 Å². The lowest BCUT2D eigenvalue weighted by Gasteiger charge is -2.18. The van der Waals surface area contributed by atoms with E-state index in [2.05, 4.69) is 26.1 Å². The number of fused-ring (bicyclic) bond motifs is 1. The molecular weight excluding hydrogens is 294 g/mol. The number of aromatic nitrogens is 2. The van der Waals surface area contributed by atoms with Crippen molar-refractivity contribution in [3.63, 3.8) is 0 Å². The third-order valence-corrected chi connectivity index (χ3v) is 4.47. The zero-order valence-corrected chi connectivity index (χ0v) is 14.0. The molecule has 116 valence electrons. The Balaban J connectivity index is 1.94. The molecule has 1 N–H and O–H groups in total. The second-order valence-corrected chi connectivity index (χ2v) is 7.79. The van der Waals surface area contributed by atoms with Crippen molar-refractivity contribution >= 4 is 23.5 Å². The van der Waals surface area contributed by atoms with Crippen LogP contribution < -0.4 is 5.32 Å². The number of nitrogens with one attached hydrogen (secondary N) is 1. The van der Waals surface area contributed by atoms with Gasteiger partial charge in [-0.1, -0.05) is 39.0 Å². The summed E-state index contributed by atoms with van der Waals surface area (Å²) in [5.41, 5.74) is 3.20. The third kappa shape index (κ3) is 3.19. The van der Waals surface area contributed by atoms with E-state index in [1.807, 2.05) is 46.8 Å². The summed E-state index contributed by atoms with van der Waals surface area (Å²) < 4.78 is 1.87. The minimum atomic E-state index is -0.0282. The van der Waals surface area contributed by atoms with Crippen LogP contribution in [0.1, 0.15) is 38.4 Å². The predicted octanol–water partition coefficient (Wildman–Crippen LogP) is 3.99. The number of carbonyl (C=O) groups excluding carboxylic acids is 1. The Labute approximate surface area is 135 Å². The molecule has 0 fully saturated rings. The molecule has 1 aromatic heterocycles. The molecule has 4 nitrogen and oxygen atoms in total. The van der Waals surface area contributed by atoms with Gasteiger partial charge in [-0.15, -0.1) is 0 Å². The first kappa shape index (κ1) is 15.2. The van der Waals surface area contributed by atoms with E-state index >= 15 is 0 Å². The van der Waals surface area contributed by atoms with Gasteiger partial charge in [0.15, 0.2) is 0 Å². The molecule has 1 amide bonds. The number of thioether (sulfide) groups is 1. The lowest BCUT2D eigenvalue weighted by atomic mass is 9.92. The average molecular weight is 315 g/mol. The fourth-order valence-electron chi connectivity index (χ4n) is 2.56. The van der Waals surface area contributed by atoms with E-state index in [1.165, 1.54) is 0 Å². The maximum absolute atomic E-state index is 12.4. The fourth-order valence-corrected chi connectivity index (χ4v) is 3.59. The average Bonchev–Trinajstić information content (AvgIpc) is 3.00. The third-order valence-electron chi connectivity index (χ3n) is 3.50. The van der Waals surface area contributed by atoms with Crippen LogP contribution in [0.3, 0.4) is 0 Å². The van der Waals surface area contributed by atoms with Crippen molar-refractivity contribution in [1.29, 1.82) is 0 Å². The molecule has 22 heavy (non-hydrogen) atoms. The van der Waals surface area contributed by atoms with Crippen LogP contribution in [-0.4, -0.2) is 15.7 Å². The molecule has 0 radical (unpaired) electrons. The van der Waals surface area contributed by atoms with Gasteiger partial charge < -0.3 is 5.32 Å². The van der Waals surface area contributed by atoms with Gasteiger partial charge in [-0.25, -0.2) is 4.68 Å². The van der Waals surface area contributed by atoms with Gasteiger partial charge in [-0.2, -0.15) is 16.9 Å². The molecule has 0 aliphatic carbocycles. The molecule has 1 aliphatic heterocycles. The number of rotatable bonds is 3. The standard InChI is InChI=1S/C17H21N3OS/c1-17(2,3)9-15(21)18-16-13-10-22-11-14(13)19-20(16)12-7-5-4-6-8-12/h4-8H,9-11H2,1-3H3,(H,18,21). The molecular formula is C17H21N3OS. The summed E-state index contributed by atoms with van der Waals surface area (Å²) in [5.74, 6) is 2.70. The first-order valence-corrected chi connectivity index (χ1v) is 8.63. The zero-order valence-electron chi connectivity index (χ0n) is 13.2. The van der Waals surface area contributed by atoms with E-state index in [9.17, 15) is 4.79 Å². The van der Waals surface area contributed by atoms with Crippen molar-refractivity contribution in [2.75, 3.05) is 5.32 Å². The summed E-state index contributed by atoms with van der Waals surface area (Å²) in [6, 6.07) is 9.97. The van der Waals surface area contributed by atoms with Crippen LogP contribution in [0.2, 0.25) is 0 Å². The quantitative estimate of drug-likeness (QED) is 0.931. The van der Waals surface area contributed by atoms with Crippen molar-refractivity contribution in [2.24, 2.45) is 5.41 Å². The highest BCUT2D eigenvalue weighted by atomic mass is 32.2. The predicted molar refractivity (Wildman–Crippen MR) is 91.3 cm³/mol. The molecule has 0 spiro atoms. The Hall–Kier alpha value is -1.75. The molecule has 5 heteroatoms. The number of carbonyl (C=O) groups is 1. The Morgan fingerprint density at radius 2 is 2.00 bits per heavy atom. The SMILES string of the molecule is CC(C)(C)CC(=O)Nc1c2c(nn1-c1ccccc1)CSC2. The molecule has 0 saturated heterocycles. The summed E-state index contributed by atoms with van der Waals surface area (Å²) in [6.45, 7) is 6.21. The van der Waals surface area contributed by atoms with Crippen LogP contribution in [0.15, 0.2) is 30.3 Å². The van der Waals surface area contributed by atoms with Gasteiger partial charge in [0, 0.05) is 23.5 Å². The minimum Gasteiger partial charge on any atom is -0.310 e. The van der Waals surface area contributed by atoms with Crippen LogP contribution in [0.25, 0.3) is 5.69 Å². The van der Waals surface area contributed by atoms with Crippen LogP contribution in [-0.2, 0) is 16.3 Å². The number of nitrogens with zero attached hydrogens (tertiary/aromatic N) is 2. The Kier molecular flexibility index (Phi) is 4.00. The van der Waals surface area contributed by atoms with Gasteiger partial charge in [0.2, 0.25) is 5.91 Å². The van der Waals surface area contributed by atoms with E-state index in [4.69, 9.17) is 5.10 Å². The molecule has 0 bridgehead atoms. The van der Waals surface area contributed by atoms with Gasteiger partial charge in [0.1, 0.15) is 5.82 Å². The van der Waals surface area contributed by atoms with Crippen molar-refractivity contribution in [3.05, 3.63) is 41.6 Å². The lowest BCUT2D eigenvalue weighted by molar-refractivity contribution is -0.117. The first-order chi connectivity index (χ1) is 10.4. The van der Waals surface area contributed by atoms with Crippen molar-refractivity contribution in [1.82, 2.24) is 9.78 Å². The Morgan fingerprint density at radius 3 is 2.68 bits per heavy atom. The number of anilines is 1. The largest absolute Gasteiger partial charge is 0.310 e. The van der Waals surface area contributed by atoms with Crippen molar-refractivity contribution in [3.8, 4) is 5.69 Å². The van der Waals surface area contributed by atoms with E-state index in [1.54, 1.807) is 0 Å². The summed E-state index contributed by atoms with van der Waals surface area (Å²) in [5, 5.41) is 7.79. The van der Waals surface area contributed by atoms with Crippen molar-refractivity contribution in [2.45, 2.75) is 38.7 Å². The second-order valence-electron chi connectivity index (χ2n) is 6.80. The smallest absolute Gasteiger partial charge is 0.226 e. The highest BCUT2D eigenvalue weighted by molar-refractivity contribution is 7.98. The summed E-state index contributed by atoms with van der Waals surface area (Å²) in [4.78, 5) is 12.4. The number of hydrogen-bond donors (Lipinski definition) is 1. The first-order valence-electron chi connectivity index (χ1n) is 7.48. The molecule has 2 heterocycles. The molecule has 1 aliphatic rings. The molecule has 2 aromatic rings. The van der Waals surface area contributed by atoms with Gasteiger partial charge in [0.05, 0.1) is 11.4 Å². The zero-order chi connectivity index (χ0) is 15.7. The highest BCUT2D eigenvalue weighted by Crippen LogP contribution is 2.36. The topological polar surface area (TPSA) is 46.9 Å². The maximum Gasteiger partial charge on any atom is 0.226 e. The Morgan fingerprint density at radius 1 is 1.27 bits per heavy atom. The van der Waals surface area contributed by atoms with Crippen molar-refractivity contribution < 1.29 is 4.79 Å². The van der Waals surface area contributed by atoms with Gasteiger partial charge >= 0.3 is 0 Å². The van der Waals surface area contributed by atoms with Crippen LogP contribution in [0.5, 0.6) is 0 Å². The van der Waals surface area contributed by atoms with Gasteiger partial charge in [-0.3, -0.25) is 4.79 Å². The molecule has 0 atom stereocenters. The molecule has 1 aromatic carbocycles. The van der Waals surface area contributed by atoms with Crippen LogP contribution >= 0.6 is 11.8 Å². The molecule has 3 rings (SSSR count). The minimum absolute atomic E-state index is 0.0282. The van der Waals surface area contributed by atoms with Crippen LogP contribution in [0, 0.1) is 5.41 Å². The second kappa shape index (κ2) is 5.80. The number of para-hydroxylation sites is 1. The normalized spacial score (nSPS) is 14.0. The monoisotopic (exact) mass is 315 g/mol. The van der Waals surface area contributed by atoms with E-state index < -0.39 is 0 Å². The molecule has 0 saturated carbocycles.